The topological polar surface area (TPSA) is 108 Å². The lowest BCUT2D eigenvalue weighted by Crippen LogP contribution is -2.57. The largest absolute Gasteiger partial charge is 0.486 e. The molecule has 0 spiro atoms. The number of nitrogens with one attached hydrogen (secondary N) is 1. The summed E-state index contributed by atoms with van der Waals surface area (Å²) in [6.45, 7) is 1.04. The van der Waals surface area contributed by atoms with Crippen molar-refractivity contribution in [3.8, 4) is 5.75 Å². The summed E-state index contributed by atoms with van der Waals surface area (Å²) in [5, 5.41) is 23.7. The van der Waals surface area contributed by atoms with E-state index in [1.807, 2.05) is 24.3 Å². The number of aliphatic hydroxyl groups excluding tert-OH is 2. The van der Waals surface area contributed by atoms with Crippen molar-refractivity contribution in [1.82, 2.24) is 10.2 Å². The van der Waals surface area contributed by atoms with Crippen molar-refractivity contribution in [3.63, 3.8) is 0 Å². The third-order valence-corrected chi connectivity index (χ3v) is 9.30. The van der Waals surface area contributed by atoms with Gasteiger partial charge in [0.2, 0.25) is 11.8 Å². The van der Waals surface area contributed by atoms with Crippen molar-refractivity contribution in [2.75, 3.05) is 26.3 Å². The minimum absolute atomic E-state index is 0.0254. The van der Waals surface area contributed by atoms with Gasteiger partial charge in [0.05, 0.1) is 24.7 Å². The third-order valence-electron chi connectivity index (χ3n) is 9.30. The fraction of sp³-hybridized carbons (Fsp3) is 0.655. The van der Waals surface area contributed by atoms with Gasteiger partial charge in [0.1, 0.15) is 18.0 Å². The molecule has 3 fully saturated rings. The van der Waals surface area contributed by atoms with Gasteiger partial charge in [-0.2, -0.15) is 0 Å². The lowest BCUT2D eigenvalue weighted by atomic mass is 9.77. The monoisotopic (exact) mass is 510 g/mol. The van der Waals surface area contributed by atoms with E-state index in [9.17, 15) is 19.8 Å². The van der Waals surface area contributed by atoms with Crippen LogP contribution < -0.4 is 10.1 Å². The van der Waals surface area contributed by atoms with Crippen LogP contribution in [0.25, 0.3) is 0 Å². The highest BCUT2D eigenvalue weighted by Crippen LogP contribution is 2.50. The molecule has 1 saturated heterocycles. The molecule has 2 saturated carbocycles. The maximum absolute atomic E-state index is 13.9. The first-order chi connectivity index (χ1) is 18.0. The summed E-state index contributed by atoms with van der Waals surface area (Å²) in [6, 6.07) is 6.85. The van der Waals surface area contributed by atoms with Crippen molar-refractivity contribution in [1.29, 1.82) is 0 Å². The SMILES string of the molecule is O=C(NCCO)C1=CC(N(CC2CCCO2)C(=O)CC2CC3CCC2C3)C(O)C2Oc3ccccc3C12. The smallest absolute Gasteiger partial charge is 0.247 e. The maximum atomic E-state index is 13.9. The molecule has 2 bridgehead atoms. The Hall–Kier alpha value is -2.42. The molecule has 8 unspecified atom stereocenters. The lowest BCUT2D eigenvalue weighted by Gasteiger charge is -2.42. The van der Waals surface area contributed by atoms with E-state index in [0.29, 0.717) is 42.7 Å². The summed E-state index contributed by atoms with van der Waals surface area (Å²) >= 11 is 0. The van der Waals surface area contributed by atoms with Crippen LogP contribution in [0.4, 0.5) is 0 Å². The van der Waals surface area contributed by atoms with E-state index in [1.54, 1.807) is 11.0 Å². The van der Waals surface area contributed by atoms with Gasteiger partial charge in [-0.3, -0.25) is 9.59 Å². The van der Waals surface area contributed by atoms with Crippen LogP contribution in [0.5, 0.6) is 5.75 Å². The maximum Gasteiger partial charge on any atom is 0.247 e. The van der Waals surface area contributed by atoms with Gasteiger partial charge in [0, 0.05) is 37.3 Å². The number of para-hydroxylation sites is 1. The molecule has 200 valence electrons. The number of benzene rings is 1. The van der Waals surface area contributed by atoms with Gasteiger partial charge in [-0.05, 0) is 62.0 Å². The highest BCUT2D eigenvalue weighted by atomic mass is 16.5. The van der Waals surface area contributed by atoms with Gasteiger partial charge >= 0.3 is 0 Å². The fourth-order valence-corrected chi connectivity index (χ4v) is 7.56. The predicted molar refractivity (Wildman–Crippen MR) is 136 cm³/mol. The van der Waals surface area contributed by atoms with Crippen molar-refractivity contribution in [3.05, 3.63) is 41.5 Å². The predicted octanol–water partition coefficient (Wildman–Crippen LogP) is 2.14. The minimum Gasteiger partial charge on any atom is -0.486 e. The van der Waals surface area contributed by atoms with Crippen LogP contribution in [0.3, 0.4) is 0 Å². The van der Waals surface area contributed by atoms with Crippen molar-refractivity contribution in [2.24, 2.45) is 17.8 Å². The number of carbonyl (C=O) groups excluding carboxylic acids is 2. The Kier molecular flexibility index (Phi) is 6.99. The molecule has 2 aliphatic heterocycles. The van der Waals surface area contributed by atoms with E-state index >= 15 is 0 Å². The van der Waals surface area contributed by atoms with Crippen LogP contribution in [-0.2, 0) is 14.3 Å². The van der Waals surface area contributed by atoms with Crippen LogP contribution in [0.2, 0.25) is 0 Å². The quantitative estimate of drug-likeness (QED) is 0.495. The Bertz CT molecular complexity index is 1050. The molecule has 3 aliphatic carbocycles. The van der Waals surface area contributed by atoms with Gasteiger partial charge in [-0.25, -0.2) is 0 Å². The molecular formula is C29H38N2O6. The standard InChI is InChI=1S/C29H38N2O6/c32-10-9-30-29(35)22-15-23(27(34)28-26(22)21-5-1-2-6-24(21)37-28)31(16-20-4-3-11-36-20)25(33)14-19-13-17-7-8-18(19)12-17/h1-2,5-6,15,17-20,23,26-28,32,34H,3-4,7-14,16H2,(H,30,35). The zero-order chi connectivity index (χ0) is 25.5. The van der Waals surface area contributed by atoms with Gasteiger partial charge in [-0.15, -0.1) is 0 Å². The average Bonchev–Trinajstić information content (AvgIpc) is 3.71. The minimum atomic E-state index is -0.989. The van der Waals surface area contributed by atoms with E-state index < -0.39 is 24.2 Å². The van der Waals surface area contributed by atoms with Crippen LogP contribution in [0.15, 0.2) is 35.9 Å². The molecule has 8 atom stereocenters. The van der Waals surface area contributed by atoms with Crippen molar-refractivity contribution < 1.29 is 29.3 Å². The Morgan fingerprint density at radius 3 is 2.73 bits per heavy atom. The van der Waals surface area contributed by atoms with Gasteiger partial charge in [0.15, 0.2) is 0 Å². The molecule has 2 heterocycles. The Balaban J connectivity index is 1.32. The number of hydrogen-bond donors (Lipinski definition) is 3. The molecule has 8 nitrogen and oxygen atoms in total. The van der Waals surface area contributed by atoms with Crippen molar-refractivity contribution in [2.45, 2.75) is 75.2 Å². The Morgan fingerprint density at radius 2 is 2.00 bits per heavy atom. The average molecular weight is 511 g/mol. The van der Waals surface area contributed by atoms with Crippen LogP contribution in [-0.4, -0.2) is 77.6 Å². The van der Waals surface area contributed by atoms with E-state index in [4.69, 9.17) is 9.47 Å². The molecule has 0 radical (unpaired) electrons. The van der Waals surface area contributed by atoms with E-state index in [-0.39, 0.29) is 31.1 Å². The summed E-state index contributed by atoms with van der Waals surface area (Å²) in [4.78, 5) is 29.0. The molecule has 1 aromatic rings. The number of carbonyl (C=O) groups is 2. The van der Waals surface area contributed by atoms with Gasteiger partial charge in [-0.1, -0.05) is 24.6 Å². The highest BCUT2D eigenvalue weighted by molar-refractivity contribution is 5.96. The fourth-order valence-electron chi connectivity index (χ4n) is 7.56. The molecule has 1 aromatic carbocycles. The lowest BCUT2D eigenvalue weighted by molar-refractivity contribution is -0.140. The Labute approximate surface area is 218 Å². The first kappa shape index (κ1) is 24.9. The summed E-state index contributed by atoms with van der Waals surface area (Å²) in [5.41, 5.74) is 1.33. The number of amides is 2. The molecule has 6 rings (SSSR count). The molecule has 8 heteroatoms. The zero-order valence-electron chi connectivity index (χ0n) is 21.3. The molecule has 37 heavy (non-hydrogen) atoms. The second-order valence-electron chi connectivity index (χ2n) is 11.5. The molecule has 2 amide bonds. The first-order valence-electron chi connectivity index (χ1n) is 14.0. The summed E-state index contributed by atoms with van der Waals surface area (Å²) in [7, 11) is 0. The summed E-state index contributed by atoms with van der Waals surface area (Å²) in [5.74, 6) is 1.71. The van der Waals surface area contributed by atoms with Gasteiger partial charge in [0.25, 0.3) is 0 Å². The second kappa shape index (κ2) is 10.4. The Morgan fingerprint density at radius 1 is 1.14 bits per heavy atom. The van der Waals surface area contributed by atoms with E-state index in [0.717, 1.165) is 30.7 Å². The van der Waals surface area contributed by atoms with E-state index in [1.165, 1.54) is 19.3 Å². The van der Waals surface area contributed by atoms with Crippen LogP contribution >= 0.6 is 0 Å². The van der Waals surface area contributed by atoms with Crippen molar-refractivity contribution >= 4 is 11.8 Å². The zero-order valence-corrected chi connectivity index (χ0v) is 21.3. The van der Waals surface area contributed by atoms with Crippen LogP contribution in [0.1, 0.15) is 56.4 Å². The molecule has 0 aromatic heterocycles. The number of rotatable bonds is 8. The highest BCUT2D eigenvalue weighted by Gasteiger charge is 2.51. The molecular weight excluding hydrogens is 472 g/mol. The summed E-state index contributed by atoms with van der Waals surface area (Å²) in [6.07, 6.45) is 7.20. The summed E-state index contributed by atoms with van der Waals surface area (Å²) < 4.78 is 12.1. The molecule has 5 aliphatic rings. The number of hydrogen-bond acceptors (Lipinski definition) is 6. The number of fused-ring (bicyclic) bond motifs is 5. The normalized spacial score (nSPS) is 35.5. The second-order valence-corrected chi connectivity index (χ2v) is 11.5. The van der Waals surface area contributed by atoms with Crippen LogP contribution in [0, 0.1) is 17.8 Å². The first-order valence-corrected chi connectivity index (χ1v) is 14.0. The van der Waals surface area contributed by atoms with E-state index in [2.05, 4.69) is 5.32 Å². The molecule has 3 N–H and O–H groups in total. The third kappa shape index (κ3) is 4.68. The number of nitrogens with zero attached hydrogens (tertiary/aromatic N) is 1. The number of aliphatic hydroxyl groups is 2. The number of ether oxygens (including phenoxy) is 2. The van der Waals surface area contributed by atoms with Gasteiger partial charge < -0.3 is 29.9 Å².